The van der Waals surface area contributed by atoms with Crippen LogP contribution in [-0.2, 0) is 15.7 Å². The van der Waals surface area contributed by atoms with Gasteiger partial charge < -0.3 is 14.2 Å². The van der Waals surface area contributed by atoms with Crippen LogP contribution in [0.5, 0.6) is 5.75 Å². The Morgan fingerprint density at radius 2 is 1.68 bits per heavy atom. The van der Waals surface area contributed by atoms with E-state index in [9.17, 15) is 18.0 Å². The lowest BCUT2D eigenvalue weighted by atomic mass is 9.89. The standard InChI is InChI=1S/C30H26F3NO4/c1-36-28-11-10-18(14-27(28)30(31,32)33)19-12-20-15-37-16-21(13-19)34(20)29(35)38-17-26-24-8-4-2-6-22(24)23-7-3-5-9-25(23)26/h2-12,14,20-21,26H,13,15-17H2,1H3. The predicted molar refractivity (Wildman–Crippen MR) is 136 cm³/mol. The number of carbonyl (C=O) groups excluding carboxylic acids is 1. The van der Waals surface area contributed by atoms with E-state index >= 15 is 0 Å². The minimum atomic E-state index is -4.54. The normalized spacial score (nSPS) is 20.4. The number of halogens is 3. The molecule has 2 bridgehead atoms. The molecule has 5 nitrogen and oxygen atoms in total. The van der Waals surface area contributed by atoms with Crippen LogP contribution >= 0.6 is 0 Å². The Kier molecular flexibility index (Phi) is 6.14. The fourth-order valence-corrected chi connectivity index (χ4v) is 5.89. The summed E-state index contributed by atoms with van der Waals surface area (Å²) < 4.78 is 57.3. The molecule has 1 amide bonds. The van der Waals surface area contributed by atoms with Crippen molar-refractivity contribution in [2.75, 3.05) is 26.9 Å². The van der Waals surface area contributed by atoms with Crippen LogP contribution in [0.4, 0.5) is 18.0 Å². The highest BCUT2D eigenvalue weighted by molar-refractivity contribution is 5.79. The predicted octanol–water partition coefficient (Wildman–Crippen LogP) is 6.52. The van der Waals surface area contributed by atoms with Gasteiger partial charge in [-0.25, -0.2) is 4.79 Å². The minimum Gasteiger partial charge on any atom is -0.496 e. The van der Waals surface area contributed by atoms with Gasteiger partial charge >= 0.3 is 12.3 Å². The first-order valence-electron chi connectivity index (χ1n) is 12.5. The molecule has 0 saturated carbocycles. The molecule has 3 aromatic rings. The number of benzene rings is 3. The lowest BCUT2D eigenvalue weighted by molar-refractivity contribution is -0.138. The number of amides is 1. The Balaban J connectivity index is 1.22. The second kappa shape index (κ2) is 9.51. The number of rotatable bonds is 4. The zero-order chi connectivity index (χ0) is 26.4. The summed E-state index contributed by atoms with van der Waals surface area (Å²) in [7, 11) is 1.22. The number of ether oxygens (including phenoxy) is 3. The molecule has 8 heteroatoms. The molecule has 2 unspecified atom stereocenters. The molecular formula is C30H26F3NO4. The largest absolute Gasteiger partial charge is 0.496 e. The zero-order valence-corrected chi connectivity index (χ0v) is 20.7. The fraction of sp³-hybridized carbons (Fsp3) is 0.300. The molecule has 2 aliphatic heterocycles. The smallest absolute Gasteiger partial charge is 0.419 e. The van der Waals surface area contributed by atoms with Crippen molar-refractivity contribution < 1.29 is 32.2 Å². The van der Waals surface area contributed by atoms with E-state index in [2.05, 4.69) is 24.3 Å². The average Bonchev–Trinajstić information content (AvgIpc) is 3.23. The highest BCUT2D eigenvalue weighted by atomic mass is 19.4. The molecule has 0 N–H and O–H groups in total. The third-order valence-corrected chi connectivity index (χ3v) is 7.62. The van der Waals surface area contributed by atoms with Crippen molar-refractivity contribution >= 4 is 11.7 Å². The number of alkyl halides is 3. The van der Waals surface area contributed by atoms with Crippen LogP contribution in [0.25, 0.3) is 16.7 Å². The van der Waals surface area contributed by atoms with Crippen molar-refractivity contribution in [1.29, 1.82) is 0 Å². The highest BCUT2D eigenvalue weighted by Gasteiger charge is 2.41. The van der Waals surface area contributed by atoms with E-state index in [4.69, 9.17) is 14.2 Å². The molecule has 0 aromatic heterocycles. The molecule has 2 heterocycles. The number of hydrogen-bond acceptors (Lipinski definition) is 4. The van der Waals surface area contributed by atoms with Crippen LogP contribution in [-0.4, -0.2) is 50.0 Å². The summed E-state index contributed by atoms with van der Waals surface area (Å²) in [6, 6.07) is 19.6. The van der Waals surface area contributed by atoms with Crippen LogP contribution in [0, 0.1) is 0 Å². The molecule has 1 fully saturated rings. The average molecular weight is 522 g/mol. The molecule has 2 atom stereocenters. The van der Waals surface area contributed by atoms with E-state index < -0.39 is 23.9 Å². The van der Waals surface area contributed by atoms with Crippen molar-refractivity contribution in [1.82, 2.24) is 4.90 Å². The molecule has 6 rings (SSSR count). The number of morpholine rings is 1. The van der Waals surface area contributed by atoms with Crippen LogP contribution in [0.3, 0.4) is 0 Å². The third kappa shape index (κ3) is 4.22. The maximum Gasteiger partial charge on any atom is 0.419 e. The summed E-state index contributed by atoms with van der Waals surface area (Å²) in [4.78, 5) is 15.0. The Morgan fingerprint density at radius 1 is 1.00 bits per heavy atom. The second-order valence-electron chi connectivity index (χ2n) is 9.78. The van der Waals surface area contributed by atoms with Crippen LogP contribution in [0.1, 0.15) is 34.6 Å². The van der Waals surface area contributed by atoms with Crippen molar-refractivity contribution in [3.63, 3.8) is 0 Å². The molecule has 38 heavy (non-hydrogen) atoms. The quantitative estimate of drug-likeness (QED) is 0.392. The van der Waals surface area contributed by atoms with Crippen molar-refractivity contribution in [2.24, 2.45) is 0 Å². The molecule has 196 valence electrons. The monoisotopic (exact) mass is 521 g/mol. The van der Waals surface area contributed by atoms with Crippen molar-refractivity contribution in [3.05, 3.63) is 95.1 Å². The van der Waals surface area contributed by atoms with Gasteiger partial charge in [-0.3, -0.25) is 4.90 Å². The number of hydrogen-bond donors (Lipinski definition) is 0. The summed E-state index contributed by atoms with van der Waals surface area (Å²) >= 11 is 0. The van der Waals surface area contributed by atoms with E-state index in [1.807, 2.05) is 30.3 Å². The summed E-state index contributed by atoms with van der Waals surface area (Å²) in [6.45, 7) is 0.750. The number of methoxy groups -OCH3 is 1. The van der Waals surface area contributed by atoms with Gasteiger partial charge in [0.2, 0.25) is 0 Å². The van der Waals surface area contributed by atoms with Gasteiger partial charge in [0, 0.05) is 5.92 Å². The number of fused-ring (bicyclic) bond motifs is 5. The topological polar surface area (TPSA) is 48.0 Å². The van der Waals surface area contributed by atoms with Gasteiger partial charge in [-0.1, -0.05) is 60.7 Å². The van der Waals surface area contributed by atoms with E-state index in [0.29, 0.717) is 18.6 Å². The SMILES string of the molecule is COc1ccc(C2=CC3COCC(C2)N3C(=O)OCC2c3ccccc3-c3ccccc32)cc1C(F)(F)F. The lowest BCUT2D eigenvalue weighted by Crippen LogP contribution is -2.56. The molecule has 3 aliphatic rings. The molecule has 3 aromatic carbocycles. The van der Waals surface area contributed by atoms with Gasteiger partial charge in [-0.05, 0) is 51.9 Å². The van der Waals surface area contributed by atoms with Crippen molar-refractivity contribution in [3.8, 4) is 16.9 Å². The van der Waals surface area contributed by atoms with Gasteiger partial charge in [0.15, 0.2) is 0 Å². The highest BCUT2D eigenvalue weighted by Crippen LogP contribution is 2.45. The van der Waals surface area contributed by atoms with Gasteiger partial charge in [-0.15, -0.1) is 0 Å². The fourth-order valence-electron chi connectivity index (χ4n) is 5.89. The Morgan fingerprint density at radius 3 is 2.32 bits per heavy atom. The Bertz CT molecular complexity index is 1370. The van der Waals surface area contributed by atoms with Gasteiger partial charge in [-0.2, -0.15) is 13.2 Å². The van der Waals surface area contributed by atoms with Crippen LogP contribution in [0.2, 0.25) is 0 Å². The lowest BCUT2D eigenvalue weighted by Gasteiger charge is -2.44. The summed E-state index contributed by atoms with van der Waals surface area (Å²) in [6.07, 6.45) is -2.79. The van der Waals surface area contributed by atoms with E-state index in [0.717, 1.165) is 33.9 Å². The van der Waals surface area contributed by atoms with Crippen LogP contribution < -0.4 is 4.74 Å². The first-order chi connectivity index (χ1) is 18.3. The van der Waals surface area contributed by atoms with E-state index in [1.54, 1.807) is 11.0 Å². The van der Waals surface area contributed by atoms with Crippen molar-refractivity contribution in [2.45, 2.75) is 30.6 Å². The Hall–Kier alpha value is -3.78. The summed E-state index contributed by atoms with van der Waals surface area (Å²) in [5, 5.41) is 0. The maximum absolute atomic E-state index is 13.6. The Labute approximate surface area is 218 Å². The number of nitrogens with zero attached hydrogens (tertiary/aromatic N) is 1. The minimum absolute atomic E-state index is 0.0570. The number of carbonyl (C=O) groups is 1. The van der Waals surface area contributed by atoms with Gasteiger partial charge in [0.05, 0.1) is 38.0 Å². The molecule has 1 aliphatic carbocycles. The van der Waals surface area contributed by atoms with Gasteiger partial charge in [0.1, 0.15) is 12.4 Å². The van der Waals surface area contributed by atoms with Crippen LogP contribution in [0.15, 0.2) is 72.8 Å². The van der Waals surface area contributed by atoms with Gasteiger partial charge in [0.25, 0.3) is 0 Å². The molecule has 1 saturated heterocycles. The first-order valence-corrected chi connectivity index (χ1v) is 12.5. The maximum atomic E-state index is 13.6. The molecule has 0 spiro atoms. The summed E-state index contributed by atoms with van der Waals surface area (Å²) in [5.41, 5.74) is 4.95. The first kappa shape index (κ1) is 24.6. The van der Waals surface area contributed by atoms with E-state index in [1.165, 1.54) is 13.2 Å². The zero-order valence-electron chi connectivity index (χ0n) is 20.7. The molecule has 0 radical (unpaired) electrons. The third-order valence-electron chi connectivity index (χ3n) is 7.62. The summed E-state index contributed by atoms with van der Waals surface area (Å²) in [5.74, 6) is -0.278. The van der Waals surface area contributed by atoms with E-state index in [-0.39, 0.29) is 30.9 Å². The second-order valence-corrected chi connectivity index (χ2v) is 9.78. The molecular weight excluding hydrogens is 495 g/mol.